The highest BCUT2D eigenvalue weighted by atomic mass is 16.6. The molecule has 0 aliphatic heterocycles. The number of hydrogen-bond donors (Lipinski definition) is 1. The molecule has 0 aliphatic rings. The van der Waals surface area contributed by atoms with Crippen LogP contribution in [0.25, 0.3) is 6.08 Å². The molecule has 0 fully saturated rings. The fourth-order valence-corrected chi connectivity index (χ4v) is 2.73. The van der Waals surface area contributed by atoms with Crippen molar-refractivity contribution in [1.82, 2.24) is 5.32 Å². The van der Waals surface area contributed by atoms with Crippen molar-refractivity contribution in [2.45, 2.75) is 71.3 Å². The van der Waals surface area contributed by atoms with Crippen molar-refractivity contribution in [2.75, 3.05) is 0 Å². The minimum absolute atomic E-state index is 0.00247. The van der Waals surface area contributed by atoms with Gasteiger partial charge in [0.2, 0.25) is 5.91 Å². The number of rotatable bonds is 12. The van der Waals surface area contributed by atoms with E-state index in [1.807, 2.05) is 6.92 Å². The Kier molecular flexibility index (Phi) is 10.2. The minimum Gasteiger partial charge on any atom is -0.350 e. The Bertz CT molecular complexity index is 570. The molecule has 0 aliphatic carbocycles. The first-order valence-corrected chi connectivity index (χ1v) is 9.26. The molecule has 1 rings (SSSR count). The summed E-state index contributed by atoms with van der Waals surface area (Å²) in [7, 11) is 0. The molecule has 0 radical (unpaired) electrons. The molecule has 0 bridgehead atoms. The van der Waals surface area contributed by atoms with Gasteiger partial charge in [-0.1, -0.05) is 64.0 Å². The molecule has 0 saturated heterocycles. The number of nitro groups is 1. The van der Waals surface area contributed by atoms with Gasteiger partial charge in [0, 0.05) is 18.2 Å². The summed E-state index contributed by atoms with van der Waals surface area (Å²) in [6.07, 6.45) is 12.6. The van der Waals surface area contributed by atoms with Crippen molar-refractivity contribution in [1.29, 1.82) is 0 Å². The third-order valence-electron chi connectivity index (χ3n) is 4.18. The van der Waals surface area contributed by atoms with E-state index in [2.05, 4.69) is 12.2 Å². The molecule has 5 nitrogen and oxygen atoms in total. The zero-order valence-corrected chi connectivity index (χ0v) is 15.4. The first-order valence-electron chi connectivity index (χ1n) is 9.26. The molecule has 1 aromatic rings. The summed E-state index contributed by atoms with van der Waals surface area (Å²) < 4.78 is 0. The number of para-hydroxylation sites is 1. The normalized spacial score (nSPS) is 12.2. The van der Waals surface area contributed by atoms with Gasteiger partial charge in [-0.05, 0) is 25.5 Å². The summed E-state index contributed by atoms with van der Waals surface area (Å²) in [6.45, 7) is 4.21. The second-order valence-electron chi connectivity index (χ2n) is 6.47. The second-order valence-corrected chi connectivity index (χ2v) is 6.47. The van der Waals surface area contributed by atoms with Crippen molar-refractivity contribution in [2.24, 2.45) is 0 Å². The van der Waals surface area contributed by atoms with Crippen LogP contribution in [0.5, 0.6) is 0 Å². The Balaban J connectivity index is 2.30. The highest BCUT2D eigenvalue weighted by molar-refractivity contribution is 5.92. The number of amides is 1. The summed E-state index contributed by atoms with van der Waals surface area (Å²) >= 11 is 0. The summed E-state index contributed by atoms with van der Waals surface area (Å²) in [5.74, 6) is -0.214. The van der Waals surface area contributed by atoms with Gasteiger partial charge >= 0.3 is 0 Å². The summed E-state index contributed by atoms with van der Waals surface area (Å²) in [5, 5.41) is 13.9. The lowest BCUT2D eigenvalue weighted by molar-refractivity contribution is -0.385. The third-order valence-corrected chi connectivity index (χ3v) is 4.18. The molecule has 1 amide bonds. The van der Waals surface area contributed by atoms with E-state index in [0.29, 0.717) is 5.56 Å². The maximum Gasteiger partial charge on any atom is 0.276 e. The maximum absolute atomic E-state index is 11.9. The average molecular weight is 346 g/mol. The zero-order chi connectivity index (χ0) is 18.5. The van der Waals surface area contributed by atoms with E-state index in [0.717, 1.165) is 12.8 Å². The number of nitrogens with zero attached hydrogens (tertiary/aromatic N) is 1. The Labute approximate surface area is 150 Å². The number of nitro benzene ring substituents is 1. The van der Waals surface area contributed by atoms with E-state index in [1.54, 1.807) is 18.2 Å². The van der Waals surface area contributed by atoms with Crippen LogP contribution in [-0.2, 0) is 4.79 Å². The average Bonchev–Trinajstić information content (AvgIpc) is 2.59. The third kappa shape index (κ3) is 9.03. The van der Waals surface area contributed by atoms with Gasteiger partial charge in [0.25, 0.3) is 5.69 Å². The standard InChI is InChI=1S/C20H30N2O3/c1-3-4-5-6-7-8-9-12-17(2)21-20(23)16-15-18-13-10-11-14-19(18)22(24)25/h10-11,13-17H,3-9,12H2,1-2H3,(H,21,23)/b16-15+. The molecule has 0 heterocycles. The minimum atomic E-state index is -0.444. The van der Waals surface area contributed by atoms with Crippen LogP contribution >= 0.6 is 0 Å². The first-order chi connectivity index (χ1) is 12.0. The molecule has 25 heavy (non-hydrogen) atoms. The molecule has 0 aromatic heterocycles. The number of carbonyl (C=O) groups is 1. The summed E-state index contributed by atoms with van der Waals surface area (Å²) in [5.41, 5.74) is 0.435. The fourth-order valence-electron chi connectivity index (χ4n) is 2.73. The van der Waals surface area contributed by atoms with Crippen molar-refractivity contribution in [3.63, 3.8) is 0 Å². The van der Waals surface area contributed by atoms with Crippen molar-refractivity contribution < 1.29 is 9.72 Å². The predicted molar refractivity (Wildman–Crippen MR) is 102 cm³/mol. The highest BCUT2D eigenvalue weighted by Crippen LogP contribution is 2.18. The van der Waals surface area contributed by atoms with Crippen molar-refractivity contribution in [3.05, 3.63) is 46.0 Å². The highest BCUT2D eigenvalue weighted by Gasteiger charge is 2.10. The molecule has 5 heteroatoms. The van der Waals surface area contributed by atoms with Crippen molar-refractivity contribution >= 4 is 17.7 Å². The number of benzene rings is 1. The van der Waals surface area contributed by atoms with E-state index >= 15 is 0 Å². The lowest BCUT2D eigenvalue weighted by Gasteiger charge is -2.12. The van der Waals surface area contributed by atoms with E-state index < -0.39 is 4.92 Å². The molecule has 0 spiro atoms. The molecule has 1 N–H and O–H groups in total. The van der Waals surface area contributed by atoms with Gasteiger partial charge in [0.1, 0.15) is 0 Å². The molecular weight excluding hydrogens is 316 g/mol. The van der Waals surface area contributed by atoms with Crippen LogP contribution < -0.4 is 5.32 Å². The number of carbonyl (C=O) groups excluding carboxylic acids is 1. The lowest BCUT2D eigenvalue weighted by atomic mass is 10.1. The van der Waals surface area contributed by atoms with Crippen molar-refractivity contribution in [3.8, 4) is 0 Å². The van der Waals surface area contributed by atoms with Gasteiger partial charge in [-0.15, -0.1) is 0 Å². The van der Waals surface area contributed by atoms with E-state index in [9.17, 15) is 14.9 Å². The van der Waals surface area contributed by atoms with Gasteiger partial charge < -0.3 is 5.32 Å². The molecular formula is C20H30N2O3. The van der Waals surface area contributed by atoms with Gasteiger partial charge in [0.15, 0.2) is 0 Å². The lowest BCUT2D eigenvalue weighted by Crippen LogP contribution is -2.30. The fraction of sp³-hybridized carbons (Fsp3) is 0.550. The van der Waals surface area contributed by atoms with E-state index in [-0.39, 0.29) is 17.6 Å². The smallest absolute Gasteiger partial charge is 0.276 e. The van der Waals surface area contributed by atoms with Crippen LogP contribution in [0.4, 0.5) is 5.69 Å². The van der Waals surface area contributed by atoms with Gasteiger partial charge in [-0.3, -0.25) is 14.9 Å². The summed E-state index contributed by atoms with van der Waals surface area (Å²) in [6, 6.07) is 6.50. The van der Waals surface area contributed by atoms with Gasteiger partial charge in [0.05, 0.1) is 10.5 Å². The zero-order valence-electron chi connectivity index (χ0n) is 15.4. The Morgan fingerprint density at radius 2 is 1.80 bits per heavy atom. The number of unbranched alkanes of at least 4 members (excludes halogenated alkanes) is 6. The quantitative estimate of drug-likeness (QED) is 0.243. The molecule has 1 aromatic carbocycles. The van der Waals surface area contributed by atoms with Crippen LogP contribution in [0.15, 0.2) is 30.3 Å². The van der Waals surface area contributed by atoms with E-state index in [1.165, 1.54) is 56.7 Å². The van der Waals surface area contributed by atoms with Gasteiger partial charge in [-0.2, -0.15) is 0 Å². The Morgan fingerprint density at radius 3 is 2.48 bits per heavy atom. The molecule has 1 atom stereocenters. The molecule has 138 valence electrons. The van der Waals surface area contributed by atoms with Crippen LogP contribution in [0, 0.1) is 10.1 Å². The first kappa shape index (κ1) is 20.9. The van der Waals surface area contributed by atoms with Crippen LogP contribution in [0.1, 0.15) is 70.8 Å². The number of hydrogen-bond acceptors (Lipinski definition) is 3. The van der Waals surface area contributed by atoms with Crippen LogP contribution in [0.2, 0.25) is 0 Å². The molecule has 0 saturated carbocycles. The SMILES string of the molecule is CCCCCCCCCC(C)NC(=O)/C=C/c1ccccc1[N+](=O)[O-]. The van der Waals surface area contributed by atoms with E-state index in [4.69, 9.17) is 0 Å². The predicted octanol–water partition coefficient (Wildman–Crippen LogP) is 5.25. The van der Waals surface area contributed by atoms with Crippen LogP contribution in [-0.4, -0.2) is 16.9 Å². The summed E-state index contributed by atoms with van der Waals surface area (Å²) in [4.78, 5) is 22.4. The largest absolute Gasteiger partial charge is 0.350 e. The second kappa shape index (κ2) is 12.2. The Morgan fingerprint density at radius 1 is 1.16 bits per heavy atom. The molecule has 1 unspecified atom stereocenters. The maximum atomic E-state index is 11.9. The Hall–Kier alpha value is -2.17. The van der Waals surface area contributed by atoms with Gasteiger partial charge in [-0.25, -0.2) is 0 Å². The monoisotopic (exact) mass is 346 g/mol. The van der Waals surface area contributed by atoms with Crippen LogP contribution in [0.3, 0.4) is 0 Å². The topological polar surface area (TPSA) is 72.2 Å². The number of nitrogens with one attached hydrogen (secondary N) is 1.